The van der Waals surface area contributed by atoms with Crippen molar-refractivity contribution in [2.24, 2.45) is 0 Å². The lowest BCUT2D eigenvalue weighted by atomic mass is 10.0. The van der Waals surface area contributed by atoms with Crippen molar-refractivity contribution in [2.75, 3.05) is 6.54 Å². The van der Waals surface area contributed by atoms with Crippen molar-refractivity contribution < 1.29 is 14.7 Å². The lowest BCUT2D eigenvalue weighted by molar-refractivity contribution is -0.131. The van der Waals surface area contributed by atoms with Gasteiger partial charge >= 0.3 is 5.97 Å². The molecule has 2 aromatic heterocycles. The number of halogens is 1. The molecule has 0 spiro atoms. The number of aromatic carboxylic acids is 1. The molecule has 5 rings (SSSR count). The van der Waals surface area contributed by atoms with Crippen LogP contribution in [0.25, 0.3) is 11.0 Å². The van der Waals surface area contributed by atoms with E-state index in [9.17, 15) is 14.7 Å². The van der Waals surface area contributed by atoms with Gasteiger partial charge in [0.05, 0.1) is 18.5 Å². The Bertz CT molecular complexity index is 1430. The topological polar surface area (TPSA) is 75.4 Å². The van der Waals surface area contributed by atoms with E-state index >= 15 is 0 Å². The summed E-state index contributed by atoms with van der Waals surface area (Å²) in [5.74, 6) is -0.930. The minimum Gasteiger partial charge on any atom is -0.478 e. The molecule has 1 N–H and O–H groups in total. The third-order valence-electron chi connectivity index (χ3n) is 6.47. The van der Waals surface area contributed by atoms with Crippen molar-refractivity contribution in [2.45, 2.75) is 32.9 Å². The van der Waals surface area contributed by atoms with Crippen LogP contribution in [0, 0.1) is 6.92 Å². The Morgan fingerprint density at radius 2 is 1.94 bits per heavy atom. The Morgan fingerprint density at radius 3 is 2.71 bits per heavy atom. The fourth-order valence-electron chi connectivity index (χ4n) is 4.82. The van der Waals surface area contributed by atoms with Crippen molar-refractivity contribution >= 4 is 34.5 Å². The van der Waals surface area contributed by atoms with Gasteiger partial charge in [-0.3, -0.25) is 4.79 Å². The largest absolute Gasteiger partial charge is 0.478 e. The van der Waals surface area contributed by atoms with Gasteiger partial charge in [0.15, 0.2) is 0 Å². The molecule has 7 heteroatoms. The van der Waals surface area contributed by atoms with Crippen LogP contribution in [-0.4, -0.2) is 38.0 Å². The Labute approximate surface area is 202 Å². The second kappa shape index (κ2) is 8.95. The van der Waals surface area contributed by atoms with Gasteiger partial charge in [0.1, 0.15) is 5.65 Å². The average molecular weight is 474 g/mol. The van der Waals surface area contributed by atoms with Crippen LogP contribution in [0.15, 0.2) is 60.8 Å². The quantitative estimate of drug-likeness (QED) is 0.448. The van der Waals surface area contributed by atoms with Crippen LogP contribution in [0.1, 0.15) is 38.3 Å². The molecule has 0 unspecified atom stereocenters. The minimum atomic E-state index is -0.958. The predicted octanol–water partition coefficient (Wildman–Crippen LogP) is 4.87. The summed E-state index contributed by atoms with van der Waals surface area (Å²) in [4.78, 5) is 31.0. The number of carbonyl (C=O) groups excluding carboxylic acids is 1. The number of hydrogen-bond acceptors (Lipinski definition) is 3. The number of carboxylic acids is 1. The summed E-state index contributed by atoms with van der Waals surface area (Å²) in [6.07, 6.45) is 2.81. The van der Waals surface area contributed by atoms with E-state index in [2.05, 4.69) is 15.6 Å². The van der Waals surface area contributed by atoms with Crippen molar-refractivity contribution in [1.29, 1.82) is 0 Å². The van der Waals surface area contributed by atoms with Crippen molar-refractivity contribution in [3.63, 3.8) is 0 Å². The molecule has 0 fully saturated rings. The Kier molecular flexibility index (Phi) is 5.84. The summed E-state index contributed by atoms with van der Waals surface area (Å²) < 4.78 is 2.20. The van der Waals surface area contributed by atoms with E-state index in [1.165, 1.54) is 5.56 Å². The van der Waals surface area contributed by atoms with E-state index in [1.807, 2.05) is 35.2 Å². The summed E-state index contributed by atoms with van der Waals surface area (Å²) in [6.45, 7) is 3.54. The van der Waals surface area contributed by atoms with Crippen LogP contribution < -0.4 is 0 Å². The highest BCUT2D eigenvalue weighted by atomic mass is 35.5. The number of amides is 1. The molecule has 2 aromatic carbocycles. The van der Waals surface area contributed by atoms with Gasteiger partial charge in [0.2, 0.25) is 5.91 Å². The number of pyridine rings is 1. The SMILES string of the molecule is Cc1cc(CC(=O)N2CCc3c(n(Cc4cccc(Cl)c4)c4ncccc34)C2)ccc1C(=O)O. The number of carbonyl (C=O) groups is 2. The van der Waals surface area contributed by atoms with E-state index in [0.29, 0.717) is 30.2 Å². The lowest BCUT2D eigenvalue weighted by Gasteiger charge is -2.29. The number of aromatic nitrogens is 2. The zero-order chi connectivity index (χ0) is 23.8. The predicted molar refractivity (Wildman–Crippen MR) is 131 cm³/mol. The summed E-state index contributed by atoms with van der Waals surface area (Å²) in [6, 6.07) is 16.9. The van der Waals surface area contributed by atoms with E-state index in [-0.39, 0.29) is 17.9 Å². The van der Waals surface area contributed by atoms with E-state index in [4.69, 9.17) is 11.6 Å². The molecule has 0 atom stereocenters. The molecule has 34 heavy (non-hydrogen) atoms. The Morgan fingerprint density at radius 1 is 1.09 bits per heavy atom. The standard InChI is InChI=1S/C27H24ClN3O3/c1-17-12-18(7-8-21(17)27(33)34)14-25(32)30-11-9-22-23-6-3-10-29-26(23)31(24(22)16-30)15-19-4-2-5-20(28)13-19/h2-8,10,12-13H,9,11,14-16H2,1H3,(H,33,34). The molecule has 0 saturated heterocycles. The van der Waals surface area contributed by atoms with Gasteiger partial charge in [-0.2, -0.15) is 0 Å². The maximum atomic E-state index is 13.2. The third-order valence-corrected chi connectivity index (χ3v) is 6.71. The van der Waals surface area contributed by atoms with Gasteiger partial charge in [0, 0.05) is 35.4 Å². The molecule has 1 amide bonds. The summed E-state index contributed by atoms with van der Waals surface area (Å²) >= 11 is 6.22. The minimum absolute atomic E-state index is 0.0284. The van der Waals surface area contributed by atoms with Gasteiger partial charge in [-0.15, -0.1) is 0 Å². The maximum absolute atomic E-state index is 13.2. The van der Waals surface area contributed by atoms with Crippen LogP contribution in [-0.2, 0) is 30.7 Å². The number of benzene rings is 2. The van der Waals surface area contributed by atoms with E-state index in [1.54, 1.807) is 31.3 Å². The molecule has 6 nitrogen and oxygen atoms in total. The molecular weight excluding hydrogens is 450 g/mol. The molecule has 0 radical (unpaired) electrons. The van der Waals surface area contributed by atoms with E-state index in [0.717, 1.165) is 34.3 Å². The Hall–Kier alpha value is -3.64. The second-order valence-electron chi connectivity index (χ2n) is 8.71. The molecule has 172 valence electrons. The van der Waals surface area contributed by atoms with Gasteiger partial charge in [-0.05, 0) is 65.9 Å². The number of aryl methyl sites for hydroxylation is 1. The van der Waals surface area contributed by atoms with Gasteiger partial charge in [0.25, 0.3) is 0 Å². The van der Waals surface area contributed by atoms with Gasteiger partial charge in [-0.1, -0.05) is 35.9 Å². The van der Waals surface area contributed by atoms with Crippen LogP contribution in [0.5, 0.6) is 0 Å². The number of nitrogens with zero attached hydrogens (tertiary/aromatic N) is 3. The number of carboxylic acid groups (broad SMARTS) is 1. The first-order valence-electron chi connectivity index (χ1n) is 11.2. The third kappa shape index (κ3) is 4.17. The highest BCUT2D eigenvalue weighted by molar-refractivity contribution is 6.30. The zero-order valence-electron chi connectivity index (χ0n) is 18.8. The molecule has 0 bridgehead atoms. The first-order valence-corrected chi connectivity index (χ1v) is 11.6. The highest BCUT2D eigenvalue weighted by Gasteiger charge is 2.27. The molecule has 4 aromatic rings. The first kappa shape index (κ1) is 22.2. The molecular formula is C27H24ClN3O3. The lowest BCUT2D eigenvalue weighted by Crippen LogP contribution is -2.37. The second-order valence-corrected chi connectivity index (χ2v) is 9.15. The summed E-state index contributed by atoms with van der Waals surface area (Å²) in [5, 5.41) is 11.1. The van der Waals surface area contributed by atoms with Crippen LogP contribution in [0.4, 0.5) is 0 Å². The van der Waals surface area contributed by atoms with Gasteiger partial charge < -0.3 is 14.6 Å². The first-order chi connectivity index (χ1) is 16.4. The van der Waals surface area contributed by atoms with Crippen molar-refractivity contribution in [1.82, 2.24) is 14.5 Å². The number of rotatable bonds is 5. The maximum Gasteiger partial charge on any atom is 0.335 e. The molecule has 1 aliphatic heterocycles. The number of hydrogen-bond donors (Lipinski definition) is 1. The van der Waals surface area contributed by atoms with Crippen molar-refractivity contribution in [3.8, 4) is 0 Å². The van der Waals surface area contributed by atoms with Gasteiger partial charge in [-0.25, -0.2) is 9.78 Å². The molecule has 1 aliphatic rings. The number of fused-ring (bicyclic) bond motifs is 3. The Balaban J connectivity index is 1.43. The molecule has 0 aliphatic carbocycles. The van der Waals surface area contributed by atoms with Crippen LogP contribution in [0.2, 0.25) is 5.02 Å². The monoisotopic (exact) mass is 473 g/mol. The molecule has 0 saturated carbocycles. The smallest absolute Gasteiger partial charge is 0.335 e. The normalized spacial score (nSPS) is 13.2. The van der Waals surface area contributed by atoms with Crippen LogP contribution >= 0.6 is 11.6 Å². The highest BCUT2D eigenvalue weighted by Crippen LogP contribution is 2.31. The average Bonchev–Trinajstić information content (AvgIpc) is 3.12. The summed E-state index contributed by atoms with van der Waals surface area (Å²) in [7, 11) is 0. The molecule has 3 heterocycles. The van der Waals surface area contributed by atoms with E-state index < -0.39 is 5.97 Å². The fourth-order valence-corrected chi connectivity index (χ4v) is 5.04. The summed E-state index contributed by atoms with van der Waals surface area (Å²) in [5.41, 5.74) is 6.08. The van der Waals surface area contributed by atoms with Crippen molar-refractivity contribution in [3.05, 3.63) is 99.3 Å². The zero-order valence-corrected chi connectivity index (χ0v) is 19.5. The fraction of sp³-hybridized carbons (Fsp3) is 0.222. The van der Waals surface area contributed by atoms with Crippen LogP contribution in [0.3, 0.4) is 0 Å².